The van der Waals surface area contributed by atoms with Gasteiger partial charge >= 0.3 is 6.03 Å². The van der Waals surface area contributed by atoms with E-state index < -0.39 is 0 Å². The van der Waals surface area contributed by atoms with Crippen LogP contribution in [-0.4, -0.2) is 36.5 Å². The maximum absolute atomic E-state index is 12.7. The predicted octanol–water partition coefficient (Wildman–Crippen LogP) is 2.50. The van der Waals surface area contributed by atoms with Crippen molar-refractivity contribution in [1.82, 2.24) is 15.5 Å². The number of carbonyl (C=O) groups excluding carboxylic acids is 2. The van der Waals surface area contributed by atoms with E-state index in [1.165, 1.54) is 5.56 Å². The van der Waals surface area contributed by atoms with E-state index in [0.29, 0.717) is 26.1 Å². The zero-order chi connectivity index (χ0) is 17.5. The molecule has 2 aromatic carbocycles. The van der Waals surface area contributed by atoms with Crippen molar-refractivity contribution in [3.8, 4) is 0 Å². The summed E-state index contributed by atoms with van der Waals surface area (Å²) in [6, 6.07) is 19.9. The summed E-state index contributed by atoms with van der Waals surface area (Å²) in [4.78, 5) is 25.9. The normalized spacial score (nSPS) is 15.8. The fourth-order valence-electron chi connectivity index (χ4n) is 3.00. The minimum Gasteiger partial charge on any atom is -0.354 e. The molecule has 0 aliphatic carbocycles. The Morgan fingerprint density at radius 2 is 1.72 bits per heavy atom. The summed E-state index contributed by atoms with van der Waals surface area (Å²) in [5.41, 5.74) is 2.24. The topological polar surface area (TPSA) is 61.4 Å². The zero-order valence-corrected chi connectivity index (χ0v) is 14.2. The summed E-state index contributed by atoms with van der Waals surface area (Å²) in [7, 11) is 0. The average Bonchev–Trinajstić information content (AvgIpc) is 2.87. The van der Waals surface area contributed by atoms with Crippen LogP contribution in [0, 0.1) is 0 Å². The van der Waals surface area contributed by atoms with E-state index in [1.807, 2.05) is 48.5 Å². The minimum absolute atomic E-state index is 0.000745. The Kier molecular flexibility index (Phi) is 5.67. The van der Waals surface area contributed by atoms with Gasteiger partial charge in [0.2, 0.25) is 5.91 Å². The van der Waals surface area contributed by atoms with Crippen LogP contribution >= 0.6 is 0 Å². The van der Waals surface area contributed by atoms with Crippen molar-refractivity contribution in [1.29, 1.82) is 0 Å². The second-order valence-electron chi connectivity index (χ2n) is 6.19. The first kappa shape index (κ1) is 17.0. The van der Waals surface area contributed by atoms with Crippen LogP contribution in [0.3, 0.4) is 0 Å². The molecule has 0 saturated carbocycles. The molecule has 1 heterocycles. The molecule has 5 nitrogen and oxygen atoms in total. The molecule has 0 bridgehead atoms. The molecule has 2 N–H and O–H groups in total. The van der Waals surface area contributed by atoms with Crippen molar-refractivity contribution in [3.05, 3.63) is 71.8 Å². The highest BCUT2D eigenvalue weighted by atomic mass is 16.2. The lowest BCUT2D eigenvalue weighted by Crippen LogP contribution is -2.43. The quantitative estimate of drug-likeness (QED) is 0.900. The third-order valence-corrected chi connectivity index (χ3v) is 4.38. The van der Waals surface area contributed by atoms with Crippen LogP contribution in [-0.2, 0) is 11.2 Å². The molecule has 25 heavy (non-hydrogen) atoms. The molecular weight excluding hydrogens is 314 g/mol. The lowest BCUT2D eigenvalue weighted by atomic mass is 9.99. The van der Waals surface area contributed by atoms with Crippen LogP contribution in [0.4, 0.5) is 4.79 Å². The van der Waals surface area contributed by atoms with Crippen LogP contribution in [0.2, 0.25) is 0 Å². The van der Waals surface area contributed by atoms with Crippen molar-refractivity contribution >= 4 is 11.9 Å². The first-order valence-corrected chi connectivity index (χ1v) is 8.63. The van der Waals surface area contributed by atoms with Gasteiger partial charge in [0.15, 0.2) is 0 Å². The maximum Gasteiger partial charge on any atom is 0.317 e. The number of benzene rings is 2. The summed E-state index contributed by atoms with van der Waals surface area (Å²) in [6.07, 6.45) is 1.07. The first-order valence-electron chi connectivity index (χ1n) is 8.63. The van der Waals surface area contributed by atoms with Crippen molar-refractivity contribution in [2.24, 2.45) is 0 Å². The summed E-state index contributed by atoms with van der Waals surface area (Å²) < 4.78 is 0. The summed E-state index contributed by atoms with van der Waals surface area (Å²) in [5, 5.41) is 5.94. The van der Waals surface area contributed by atoms with E-state index in [4.69, 9.17) is 0 Å². The molecule has 0 aromatic heterocycles. The summed E-state index contributed by atoms with van der Waals surface area (Å²) >= 11 is 0. The first-order chi connectivity index (χ1) is 12.2. The molecule has 3 rings (SSSR count). The number of nitrogens with zero attached hydrogens (tertiary/aromatic N) is 1. The van der Waals surface area contributed by atoms with Gasteiger partial charge in [-0.25, -0.2) is 4.79 Å². The second-order valence-corrected chi connectivity index (χ2v) is 6.19. The Morgan fingerprint density at radius 1 is 1.04 bits per heavy atom. The number of nitrogens with one attached hydrogen (secondary N) is 2. The standard InChI is InChI=1S/C20H23N3O2/c24-19-11-13-23(14-12-21-19)20(25)22-18(17-9-5-2-6-10-17)15-16-7-3-1-4-8-16/h1-10,18H,11-15H2,(H,21,24)(H,22,25)/t18-/m0/s1. The molecule has 1 atom stereocenters. The minimum atomic E-state index is -0.124. The highest BCUT2D eigenvalue weighted by Crippen LogP contribution is 2.19. The Hall–Kier alpha value is -2.82. The smallest absolute Gasteiger partial charge is 0.317 e. The number of amides is 3. The second kappa shape index (κ2) is 8.33. The van der Waals surface area contributed by atoms with Gasteiger partial charge in [0.05, 0.1) is 6.04 Å². The zero-order valence-electron chi connectivity index (χ0n) is 14.2. The SMILES string of the molecule is O=C1CCN(C(=O)N[C@@H](Cc2ccccc2)c2ccccc2)CCN1. The van der Waals surface area contributed by atoms with E-state index in [1.54, 1.807) is 4.90 Å². The third kappa shape index (κ3) is 4.83. The molecule has 0 spiro atoms. The van der Waals surface area contributed by atoms with Crippen LogP contribution in [0.25, 0.3) is 0 Å². The van der Waals surface area contributed by atoms with Gasteiger partial charge in [-0.05, 0) is 17.5 Å². The number of rotatable bonds is 4. The molecule has 0 unspecified atom stereocenters. The van der Waals surface area contributed by atoms with Crippen molar-refractivity contribution in [3.63, 3.8) is 0 Å². The number of urea groups is 1. The maximum atomic E-state index is 12.7. The summed E-state index contributed by atoms with van der Waals surface area (Å²) in [6.45, 7) is 1.48. The van der Waals surface area contributed by atoms with Gasteiger partial charge < -0.3 is 15.5 Å². The highest BCUT2D eigenvalue weighted by Gasteiger charge is 2.22. The van der Waals surface area contributed by atoms with E-state index in [-0.39, 0.29) is 18.0 Å². The molecule has 1 aliphatic heterocycles. The van der Waals surface area contributed by atoms with E-state index >= 15 is 0 Å². The van der Waals surface area contributed by atoms with Crippen molar-refractivity contribution < 1.29 is 9.59 Å². The van der Waals surface area contributed by atoms with Crippen LogP contribution in [0.15, 0.2) is 60.7 Å². The van der Waals surface area contributed by atoms with Gasteiger partial charge in [0.25, 0.3) is 0 Å². The van der Waals surface area contributed by atoms with Gasteiger partial charge in [-0.2, -0.15) is 0 Å². The summed E-state index contributed by atoms with van der Waals surface area (Å²) in [5.74, 6) is -0.000745. The Morgan fingerprint density at radius 3 is 2.44 bits per heavy atom. The van der Waals surface area contributed by atoms with E-state index in [0.717, 1.165) is 12.0 Å². The molecular formula is C20H23N3O2. The highest BCUT2D eigenvalue weighted by molar-refractivity contribution is 5.79. The molecule has 1 aliphatic rings. The fourth-order valence-corrected chi connectivity index (χ4v) is 3.00. The fraction of sp³-hybridized carbons (Fsp3) is 0.300. The monoisotopic (exact) mass is 337 g/mol. The molecule has 3 amide bonds. The van der Waals surface area contributed by atoms with Crippen LogP contribution in [0.5, 0.6) is 0 Å². The van der Waals surface area contributed by atoms with Gasteiger partial charge in [0.1, 0.15) is 0 Å². The average molecular weight is 337 g/mol. The number of hydrogen-bond acceptors (Lipinski definition) is 2. The van der Waals surface area contributed by atoms with Gasteiger partial charge in [-0.15, -0.1) is 0 Å². The van der Waals surface area contributed by atoms with Gasteiger partial charge in [-0.1, -0.05) is 60.7 Å². The largest absolute Gasteiger partial charge is 0.354 e. The van der Waals surface area contributed by atoms with Crippen molar-refractivity contribution in [2.75, 3.05) is 19.6 Å². The van der Waals surface area contributed by atoms with Crippen LogP contribution < -0.4 is 10.6 Å². The van der Waals surface area contributed by atoms with Gasteiger partial charge in [0, 0.05) is 26.1 Å². The van der Waals surface area contributed by atoms with Crippen molar-refractivity contribution in [2.45, 2.75) is 18.9 Å². The Bertz CT molecular complexity index is 703. The Balaban J connectivity index is 1.73. The number of hydrogen-bond donors (Lipinski definition) is 2. The molecule has 1 saturated heterocycles. The van der Waals surface area contributed by atoms with Gasteiger partial charge in [-0.3, -0.25) is 4.79 Å². The molecule has 5 heteroatoms. The molecule has 2 aromatic rings. The molecule has 1 fully saturated rings. The molecule has 0 radical (unpaired) electrons. The van der Waals surface area contributed by atoms with E-state index in [2.05, 4.69) is 22.8 Å². The van der Waals surface area contributed by atoms with E-state index in [9.17, 15) is 9.59 Å². The third-order valence-electron chi connectivity index (χ3n) is 4.38. The number of carbonyl (C=O) groups is 2. The molecule has 130 valence electrons. The lowest BCUT2D eigenvalue weighted by Gasteiger charge is -2.25. The van der Waals surface area contributed by atoms with Crippen LogP contribution in [0.1, 0.15) is 23.6 Å². The lowest BCUT2D eigenvalue weighted by molar-refractivity contribution is -0.120. The Labute approximate surface area is 148 Å². The predicted molar refractivity (Wildman–Crippen MR) is 97.1 cm³/mol.